The lowest BCUT2D eigenvalue weighted by atomic mass is 10.2. The number of benzene rings is 1. The molecule has 0 unspecified atom stereocenters. The van der Waals surface area contributed by atoms with Gasteiger partial charge in [0.2, 0.25) is 0 Å². The average molecular weight is 243 g/mol. The van der Waals surface area contributed by atoms with E-state index in [1.165, 1.54) is 17.7 Å². The molecule has 2 N–H and O–H groups in total. The molecular weight excluding hydrogens is 226 g/mol. The highest BCUT2D eigenvalue weighted by atomic mass is 16.5. The lowest BCUT2D eigenvalue weighted by Crippen LogP contribution is -2.02. The van der Waals surface area contributed by atoms with Gasteiger partial charge in [-0.2, -0.15) is 5.10 Å². The third-order valence-electron chi connectivity index (χ3n) is 3.35. The van der Waals surface area contributed by atoms with Gasteiger partial charge < -0.3 is 10.5 Å². The van der Waals surface area contributed by atoms with E-state index in [4.69, 9.17) is 10.5 Å². The number of nitrogens with zero attached hydrogens (tertiary/aromatic N) is 2. The Kier molecular flexibility index (Phi) is 2.70. The maximum Gasteiger partial charge on any atom is 0.149 e. The molecule has 3 rings (SSSR count). The van der Waals surface area contributed by atoms with Gasteiger partial charge in [0.15, 0.2) is 0 Å². The van der Waals surface area contributed by atoms with Crippen LogP contribution in [0.3, 0.4) is 0 Å². The Hall–Kier alpha value is -1.97. The fourth-order valence-electron chi connectivity index (χ4n) is 2.53. The molecule has 1 aliphatic carbocycles. The number of aromatic nitrogens is 2. The molecule has 0 bridgehead atoms. The van der Waals surface area contributed by atoms with E-state index in [1.807, 2.05) is 35.9 Å². The van der Waals surface area contributed by atoms with Gasteiger partial charge in [-0.05, 0) is 50.5 Å². The Morgan fingerprint density at radius 2 is 2.06 bits per heavy atom. The summed E-state index contributed by atoms with van der Waals surface area (Å²) in [6, 6.07) is 7.99. The van der Waals surface area contributed by atoms with Crippen molar-refractivity contribution >= 4 is 5.82 Å². The molecule has 94 valence electrons. The molecule has 0 saturated carbocycles. The molecule has 1 aromatic carbocycles. The van der Waals surface area contributed by atoms with E-state index in [0.29, 0.717) is 12.4 Å². The van der Waals surface area contributed by atoms with Gasteiger partial charge in [-0.25, -0.2) is 4.68 Å². The van der Waals surface area contributed by atoms with Crippen molar-refractivity contribution < 1.29 is 4.74 Å². The third-order valence-corrected chi connectivity index (χ3v) is 3.35. The molecule has 0 amide bonds. The van der Waals surface area contributed by atoms with E-state index in [1.54, 1.807) is 0 Å². The van der Waals surface area contributed by atoms with Crippen LogP contribution in [-0.2, 0) is 12.8 Å². The quantitative estimate of drug-likeness (QED) is 0.900. The number of ether oxygens (including phenoxy) is 1. The summed E-state index contributed by atoms with van der Waals surface area (Å²) in [4.78, 5) is 0. The molecule has 1 heterocycles. The first-order valence-corrected chi connectivity index (χ1v) is 6.39. The van der Waals surface area contributed by atoms with Crippen LogP contribution >= 0.6 is 0 Å². The van der Waals surface area contributed by atoms with E-state index < -0.39 is 0 Å². The van der Waals surface area contributed by atoms with Gasteiger partial charge in [0, 0.05) is 11.3 Å². The molecular formula is C14H17N3O. The van der Waals surface area contributed by atoms with Crippen LogP contribution in [0.15, 0.2) is 24.3 Å². The number of rotatable bonds is 3. The summed E-state index contributed by atoms with van der Waals surface area (Å²) in [7, 11) is 0. The molecule has 0 spiro atoms. The number of fused-ring (bicyclic) bond motifs is 1. The molecule has 0 radical (unpaired) electrons. The van der Waals surface area contributed by atoms with Crippen LogP contribution in [0, 0.1) is 0 Å². The second-order valence-corrected chi connectivity index (χ2v) is 4.50. The zero-order chi connectivity index (χ0) is 12.5. The lowest BCUT2D eigenvalue weighted by molar-refractivity contribution is 0.340. The van der Waals surface area contributed by atoms with E-state index in [2.05, 4.69) is 5.10 Å². The zero-order valence-corrected chi connectivity index (χ0v) is 10.5. The molecule has 4 heteroatoms. The van der Waals surface area contributed by atoms with Crippen LogP contribution < -0.4 is 10.5 Å². The van der Waals surface area contributed by atoms with Crippen LogP contribution in [0.2, 0.25) is 0 Å². The third kappa shape index (κ3) is 1.74. The average Bonchev–Trinajstić information content (AvgIpc) is 2.96. The van der Waals surface area contributed by atoms with Crippen molar-refractivity contribution in [3.8, 4) is 11.4 Å². The van der Waals surface area contributed by atoms with Gasteiger partial charge in [0.05, 0.1) is 12.3 Å². The summed E-state index contributed by atoms with van der Waals surface area (Å²) in [5.41, 5.74) is 9.49. The fraction of sp³-hybridized carbons (Fsp3) is 0.357. The Morgan fingerprint density at radius 3 is 2.78 bits per heavy atom. The van der Waals surface area contributed by atoms with Crippen LogP contribution in [0.25, 0.3) is 5.69 Å². The minimum absolute atomic E-state index is 0.677. The molecule has 18 heavy (non-hydrogen) atoms. The molecule has 2 aromatic rings. The number of nitrogens with two attached hydrogens (primary N) is 1. The molecule has 0 aliphatic heterocycles. The predicted octanol–water partition coefficient (Wildman–Crippen LogP) is 2.34. The van der Waals surface area contributed by atoms with Crippen molar-refractivity contribution in [2.45, 2.75) is 26.2 Å². The van der Waals surface area contributed by atoms with E-state index in [0.717, 1.165) is 24.3 Å². The van der Waals surface area contributed by atoms with Gasteiger partial charge in [-0.3, -0.25) is 0 Å². The molecule has 0 atom stereocenters. The second-order valence-electron chi connectivity index (χ2n) is 4.50. The predicted molar refractivity (Wildman–Crippen MR) is 71.2 cm³/mol. The van der Waals surface area contributed by atoms with E-state index in [-0.39, 0.29) is 0 Å². The van der Waals surface area contributed by atoms with E-state index >= 15 is 0 Å². The van der Waals surface area contributed by atoms with Crippen LogP contribution in [-0.4, -0.2) is 16.4 Å². The van der Waals surface area contributed by atoms with E-state index in [9.17, 15) is 0 Å². The molecule has 0 saturated heterocycles. The van der Waals surface area contributed by atoms with Crippen molar-refractivity contribution in [3.63, 3.8) is 0 Å². The number of anilines is 1. The smallest absolute Gasteiger partial charge is 0.149 e. The Bertz CT molecular complexity index is 557. The molecule has 1 aliphatic rings. The summed E-state index contributed by atoms with van der Waals surface area (Å²) in [5.74, 6) is 1.56. The monoisotopic (exact) mass is 243 g/mol. The van der Waals surface area contributed by atoms with Crippen LogP contribution in [0.5, 0.6) is 5.75 Å². The van der Waals surface area contributed by atoms with Crippen LogP contribution in [0.4, 0.5) is 5.82 Å². The molecule has 1 aromatic heterocycles. The van der Waals surface area contributed by atoms with Crippen LogP contribution in [0.1, 0.15) is 24.6 Å². The Balaban J connectivity index is 1.97. The second kappa shape index (κ2) is 4.37. The molecule has 4 nitrogen and oxygen atoms in total. The first-order valence-electron chi connectivity index (χ1n) is 6.39. The minimum Gasteiger partial charge on any atom is -0.494 e. The fourth-order valence-corrected chi connectivity index (χ4v) is 2.53. The minimum atomic E-state index is 0.677. The highest BCUT2D eigenvalue weighted by Crippen LogP contribution is 2.29. The number of hydrogen-bond donors (Lipinski definition) is 1. The maximum atomic E-state index is 5.95. The van der Waals surface area contributed by atoms with Crippen molar-refractivity contribution in [2.75, 3.05) is 12.3 Å². The maximum absolute atomic E-state index is 5.95. The number of nitrogen functional groups attached to an aromatic ring is 1. The summed E-state index contributed by atoms with van der Waals surface area (Å²) in [6.07, 6.45) is 3.29. The standard InChI is InChI=1S/C14H17N3O/c1-2-18-11-8-6-10(7-9-11)17-13-5-3-4-12(13)14(15)16-17/h6-9H,2-5H2,1H3,(H2,15,16). The lowest BCUT2D eigenvalue weighted by Gasteiger charge is -2.07. The van der Waals surface area contributed by atoms with Gasteiger partial charge in [-0.1, -0.05) is 0 Å². The summed E-state index contributed by atoms with van der Waals surface area (Å²) < 4.78 is 7.41. The SMILES string of the molecule is CCOc1ccc(-n2nc(N)c3c2CCC3)cc1. The summed E-state index contributed by atoms with van der Waals surface area (Å²) in [6.45, 7) is 2.67. The first kappa shape index (κ1) is 11.1. The first-order chi connectivity index (χ1) is 8.79. The van der Waals surface area contributed by atoms with Gasteiger partial charge in [0.25, 0.3) is 0 Å². The topological polar surface area (TPSA) is 53.1 Å². The normalized spacial score (nSPS) is 13.6. The summed E-state index contributed by atoms with van der Waals surface area (Å²) >= 11 is 0. The zero-order valence-electron chi connectivity index (χ0n) is 10.5. The Labute approximate surface area is 106 Å². The van der Waals surface area contributed by atoms with Gasteiger partial charge in [-0.15, -0.1) is 0 Å². The van der Waals surface area contributed by atoms with Crippen molar-refractivity contribution in [3.05, 3.63) is 35.5 Å². The van der Waals surface area contributed by atoms with Gasteiger partial charge >= 0.3 is 0 Å². The number of hydrogen-bond acceptors (Lipinski definition) is 3. The van der Waals surface area contributed by atoms with Crippen molar-refractivity contribution in [1.82, 2.24) is 9.78 Å². The Morgan fingerprint density at radius 1 is 1.28 bits per heavy atom. The highest BCUT2D eigenvalue weighted by molar-refractivity contribution is 5.49. The van der Waals surface area contributed by atoms with Crippen molar-refractivity contribution in [1.29, 1.82) is 0 Å². The highest BCUT2D eigenvalue weighted by Gasteiger charge is 2.21. The largest absolute Gasteiger partial charge is 0.494 e. The van der Waals surface area contributed by atoms with Crippen molar-refractivity contribution in [2.24, 2.45) is 0 Å². The van der Waals surface area contributed by atoms with Gasteiger partial charge in [0.1, 0.15) is 11.6 Å². The summed E-state index contributed by atoms with van der Waals surface area (Å²) in [5, 5.41) is 4.43. The molecule has 0 fully saturated rings.